The van der Waals surface area contributed by atoms with Gasteiger partial charge in [0, 0.05) is 17.7 Å². The molecule has 0 aliphatic carbocycles. The second kappa shape index (κ2) is 9.48. The molecule has 0 aromatic carbocycles. The van der Waals surface area contributed by atoms with Crippen molar-refractivity contribution in [1.29, 1.82) is 0 Å². The summed E-state index contributed by atoms with van der Waals surface area (Å²) >= 11 is 5.96. The predicted molar refractivity (Wildman–Crippen MR) is 92.6 cm³/mol. The van der Waals surface area contributed by atoms with Crippen LogP contribution >= 0.6 is 11.6 Å². The maximum absolute atomic E-state index is 11.4. The molecule has 128 valence electrons. The van der Waals surface area contributed by atoms with Crippen LogP contribution in [0.4, 0.5) is 0 Å². The largest absolute Gasteiger partial charge is 0.460 e. The van der Waals surface area contributed by atoms with Crippen LogP contribution in [0.5, 0.6) is 0 Å². The van der Waals surface area contributed by atoms with E-state index in [-0.39, 0.29) is 11.6 Å². The molecule has 6 heteroatoms. The zero-order valence-electron chi connectivity index (χ0n) is 14.6. The van der Waals surface area contributed by atoms with Gasteiger partial charge in [-0.3, -0.25) is 4.79 Å². The summed E-state index contributed by atoms with van der Waals surface area (Å²) in [6.07, 6.45) is 3.41. The molecule has 0 amide bonds. The number of unbranched alkanes of at least 4 members (excludes halogenated alkanes) is 1. The quantitative estimate of drug-likeness (QED) is 0.203. The summed E-state index contributed by atoms with van der Waals surface area (Å²) in [5.74, 6) is -1.56. The van der Waals surface area contributed by atoms with Gasteiger partial charge in [-0.25, -0.2) is 4.79 Å². The van der Waals surface area contributed by atoms with Gasteiger partial charge >= 0.3 is 5.97 Å². The van der Waals surface area contributed by atoms with Crippen molar-refractivity contribution in [2.75, 3.05) is 13.2 Å². The van der Waals surface area contributed by atoms with Crippen LogP contribution in [-0.2, 0) is 18.8 Å². The molecule has 0 saturated heterocycles. The lowest BCUT2D eigenvalue weighted by molar-refractivity contribution is -0.151. The number of halogens is 1. The van der Waals surface area contributed by atoms with Gasteiger partial charge in [0.05, 0.1) is 6.61 Å². The minimum atomic E-state index is -1.70. The highest BCUT2D eigenvalue weighted by atomic mass is 35.5. The molecule has 0 aromatic heterocycles. The number of esters is 1. The molecule has 4 nitrogen and oxygen atoms in total. The van der Waals surface area contributed by atoms with Crippen LogP contribution in [0.25, 0.3) is 0 Å². The third-order valence-electron chi connectivity index (χ3n) is 3.84. The predicted octanol–water partition coefficient (Wildman–Crippen LogP) is 4.43. The van der Waals surface area contributed by atoms with Crippen LogP contribution in [0.3, 0.4) is 0 Å². The molecule has 0 rings (SSSR count). The summed E-state index contributed by atoms with van der Waals surface area (Å²) in [5.41, 5.74) is 0. The van der Waals surface area contributed by atoms with E-state index < -0.39 is 20.1 Å². The fraction of sp³-hybridized carbons (Fsp3) is 0.750. The molecular formula is C16H29ClO4Si. The molecule has 0 saturated carbocycles. The summed E-state index contributed by atoms with van der Waals surface area (Å²) in [7, 11) is -1.70. The average molecular weight is 349 g/mol. The third kappa shape index (κ3) is 8.10. The fourth-order valence-corrected chi connectivity index (χ4v) is 2.74. The molecule has 22 heavy (non-hydrogen) atoms. The Labute approximate surface area is 140 Å². The first-order valence-electron chi connectivity index (χ1n) is 7.72. The Morgan fingerprint density at radius 3 is 2.27 bits per heavy atom. The highest BCUT2D eigenvalue weighted by Gasteiger charge is 2.36. The van der Waals surface area contributed by atoms with Gasteiger partial charge in [0.2, 0.25) is 0 Å². The van der Waals surface area contributed by atoms with E-state index in [0.29, 0.717) is 18.1 Å². The van der Waals surface area contributed by atoms with E-state index in [1.54, 1.807) is 6.92 Å². The summed E-state index contributed by atoms with van der Waals surface area (Å²) in [6.45, 7) is 13.6. The van der Waals surface area contributed by atoms with E-state index in [9.17, 15) is 9.59 Å². The summed E-state index contributed by atoms with van der Waals surface area (Å²) in [6, 6.07) is 0. The molecule has 0 heterocycles. The minimum absolute atomic E-state index is 0.181. The van der Waals surface area contributed by atoms with Crippen molar-refractivity contribution >= 4 is 31.7 Å². The van der Waals surface area contributed by atoms with Crippen molar-refractivity contribution in [3.05, 3.63) is 11.1 Å². The van der Waals surface area contributed by atoms with Gasteiger partial charge in [0.15, 0.2) is 8.32 Å². The van der Waals surface area contributed by atoms with Crippen molar-refractivity contribution in [3.63, 3.8) is 0 Å². The van der Waals surface area contributed by atoms with E-state index >= 15 is 0 Å². The molecular weight excluding hydrogens is 320 g/mol. The van der Waals surface area contributed by atoms with E-state index in [2.05, 4.69) is 38.6 Å². The normalized spacial score (nSPS) is 13.1. The minimum Gasteiger partial charge on any atom is -0.460 e. The molecule has 0 N–H and O–H groups in total. The molecule has 0 unspecified atom stereocenters. The van der Waals surface area contributed by atoms with E-state index in [1.807, 2.05) is 0 Å². The Balaban J connectivity index is 4.07. The van der Waals surface area contributed by atoms with E-state index in [0.717, 1.165) is 18.9 Å². The number of ketones is 1. The van der Waals surface area contributed by atoms with Crippen LogP contribution in [0.1, 0.15) is 47.0 Å². The third-order valence-corrected chi connectivity index (χ3v) is 8.68. The smallest absolute Gasteiger partial charge is 0.379 e. The fourth-order valence-electron chi connectivity index (χ4n) is 1.42. The number of carbonyl (C=O) groups excluding carboxylic acids is 2. The second-order valence-corrected chi connectivity index (χ2v) is 12.0. The highest BCUT2D eigenvalue weighted by molar-refractivity contribution is 6.74. The number of carbonyl (C=O) groups is 2. The Kier molecular flexibility index (Phi) is 9.20. The van der Waals surface area contributed by atoms with Crippen LogP contribution in [0.15, 0.2) is 11.1 Å². The molecule has 0 aromatic rings. The maximum Gasteiger partial charge on any atom is 0.379 e. The van der Waals surface area contributed by atoms with Gasteiger partial charge in [-0.05, 0) is 44.3 Å². The molecule has 0 radical (unpaired) electrons. The van der Waals surface area contributed by atoms with Crippen molar-refractivity contribution in [2.24, 2.45) is 0 Å². The van der Waals surface area contributed by atoms with Crippen molar-refractivity contribution in [2.45, 2.75) is 65.1 Å². The first-order chi connectivity index (χ1) is 10.0. The van der Waals surface area contributed by atoms with Crippen LogP contribution in [0.2, 0.25) is 18.1 Å². The van der Waals surface area contributed by atoms with E-state index in [1.165, 1.54) is 0 Å². The number of rotatable bonds is 9. The molecule has 0 fully saturated rings. The van der Waals surface area contributed by atoms with Gasteiger partial charge < -0.3 is 9.16 Å². The Morgan fingerprint density at radius 2 is 1.77 bits per heavy atom. The molecule has 0 bridgehead atoms. The molecule has 0 spiro atoms. The SMILES string of the molecule is CCOC(=O)C(=O)/C=C(\Cl)CCCCO[Si](C)(C)C(C)(C)C. The molecule has 0 aliphatic rings. The van der Waals surface area contributed by atoms with Gasteiger partial charge in [0.25, 0.3) is 5.78 Å². The lowest BCUT2D eigenvalue weighted by atomic mass is 10.2. The van der Waals surface area contributed by atoms with Gasteiger partial charge in [-0.1, -0.05) is 32.4 Å². The van der Waals surface area contributed by atoms with Crippen LogP contribution in [0, 0.1) is 0 Å². The lowest BCUT2D eigenvalue weighted by Crippen LogP contribution is -2.40. The first-order valence-corrected chi connectivity index (χ1v) is 11.0. The van der Waals surface area contributed by atoms with Gasteiger partial charge in [0.1, 0.15) is 0 Å². The van der Waals surface area contributed by atoms with Gasteiger partial charge in [-0.15, -0.1) is 0 Å². The number of hydrogen-bond donors (Lipinski definition) is 0. The zero-order chi connectivity index (χ0) is 17.4. The second-order valence-electron chi connectivity index (χ2n) is 6.74. The Bertz CT molecular complexity index is 411. The monoisotopic (exact) mass is 348 g/mol. The standard InChI is InChI=1S/C16H29ClO4Si/c1-7-20-15(19)14(18)12-13(17)10-8-9-11-21-22(5,6)16(2,3)4/h12H,7-11H2,1-6H3/b13-12-. The lowest BCUT2D eigenvalue weighted by Gasteiger charge is -2.36. The summed E-state index contributed by atoms with van der Waals surface area (Å²) in [5, 5.41) is 0.585. The van der Waals surface area contributed by atoms with Crippen molar-refractivity contribution in [1.82, 2.24) is 0 Å². The zero-order valence-corrected chi connectivity index (χ0v) is 16.4. The van der Waals surface area contributed by atoms with Crippen molar-refractivity contribution < 1.29 is 18.8 Å². The van der Waals surface area contributed by atoms with Crippen LogP contribution in [-0.4, -0.2) is 33.3 Å². The molecule has 0 atom stereocenters. The number of allylic oxidation sites excluding steroid dienone is 1. The van der Waals surface area contributed by atoms with Crippen molar-refractivity contribution in [3.8, 4) is 0 Å². The Hall–Kier alpha value is -0.653. The van der Waals surface area contributed by atoms with E-state index in [4.69, 9.17) is 16.0 Å². The van der Waals surface area contributed by atoms with Crippen LogP contribution < -0.4 is 0 Å². The highest BCUT2D eigenvalue weighted by Crippen LogP contribution is 2.36. The van der Waals surface area contributed by atoms with Gasteiger partial charge in [-0.2, -0.15) is 0 Å². The first kappa shape index (κ1) is 21.3. The average Bonchev–Trinajstić information content (AvgIpc) is 2.36. The topological polar surface area (TPSA) is 52.6 Å². The molecule has 0 aliphatic heterocycles. The maximum atomic E-state index is 11.4. The summed E-state index contributed by atoms with van der Waals surface area (Å²) in [4.78, 5) is 22.6. The number of hydrogen-bond acceptors (Lipinski definition) is 4. The number of ether oxygens (including phenoxy) is 1. The Morgan fingerprint density at radius 1 is 1.18 bits per heavy atom. The summed E-state index contributed by atoms with van der Waals surface area (Å²) < 4.78 is 10.7.